The van der Waals surface area contributed by atoms with Crippen LogP contribution in [-0.2, 0) is 15.6 Å². The van der Waals surface area contributed by atoms with Gasteiger partial charge in [-0.1, -0.05) is 78.5 Å². The standard InChI is InChI=1S/C21H19N3O2S2/c22-21(27-16-17-9-3-1-4-10-17)24-23-15-18-11-7-8-14-20(18)28(25,26)19-12-5-2-6-13-19/h1-15H,16H2,(H2,22,24). The first-order valence-electron chi connectivity index (χ1n) is 8.50. The molecule has 5 nitrogen and oxygen atoms in total. The summed E-state index contributed by atoms with van der Waals surface area (Å²) in [6.07, 6.45) is 1.41. The summed E-state index contributed by atoms with van der Waals surface area (Å²) < 4.78 is 25.8. The average molecular weight is 410 g/mol. The van der Waals surface area contributed by atoms with Gasteiger partial charge in [0, 0.05) is 11.3 Å². The highest BCUT2D eigenvalue weighted by molar-refractivity contribution is 8.13. The quantitative estimate of drug-likeness (QED) is 0.377. The van der Waals surface area contributed by atoms with E-state index in [0.29, 0.717) is 16.5 Å². The second-order valence-corrected chi connectivity index (χ2v) is 8.73. The van der Waals surface area contributed by atoms with Crippen LogP contribution in [0.3, 0.4) is 0 Å². The zero-order chi connectivity index (χ0) is 19.8. The first kappa shape index (κ1) is 19.9. The van der Waals surface area contributed by atoms with Crippen molar-refractivity contribution in [2.75, 3.05) is 0 Å². The molecule has 0 radical (unpaired) electrons. The van der Waals surface area contributed by atoms with Crippen LogP contribution in [0.1, 0.15) is 11.1 Å². The minimum atomic E-state index is -3.64. The number of benzene rings is 3. The number of amidine groups is 1. The summed E-state index contributed by atoms with van der Waals surface area (Å²) in [5, 5.41) is 8.25. The van der Waals surface area contributed by atoms with Crippen LogP contribution in [0.25, 0.3) is 0 Å². The molecule has 3 rings (SSSR count). The van der Waals surface area contributed by atoms with Crippen molar-refractivity contribution in [2.24, 2.45) is 15.9 Å². The van der Waals surface area contributed by atoms with Gasteiger partial charge in [-0.25, -0.2) is 8.42 Å². The Hall–Kier alpha value is -2.90. The van der Waals surface area contributed by atoms with E-state index in [9.17, 15) is 8.42 Å². The maximum absolute atomic E-state index is 12.9. The molecular weight excluding hydrogens is 390 g/mol. The molecule has 2 N–H and O–H groups in total. The fourth-order valence-electron chi connectivity index (χ4n) is 2.47. The van der Waals surface area contributed by atoms with Gasteiger partial charge in [0.1, 0.15) is 0 Å². The lowest BCUT2D eigenvalue weighted by Crippen LogP contribution is -2.07. The van der Waals surface area contributed by atoms with Crippen LogP contribution in [0.15, 0.2) is 105 Å². The molecule has 0 unspecified atom stereocenters. The van der Waals surface area contributed by atoms with Crippen LogP contribution >= 0.6 is 11.8 Å². The van der Waals surface area contributed by atoms with Gasteiger partial charge >= 0.3 is 0 Å². The van der Waals surface area contributed by atoms with Crippen molar-refractivity contribution < 1.29 is 8.42 Å². The predicted octanol–water partition coefficient (Wildman–Crippen LogP) is 4.10. The molecule has 0 saturated heterocycles. The van der Waals surface area contributed by atoms with E-state index in [1.807, 2.05) is 30.3 Å². The third kappa shape index (κ3) is 5.09. The summed E-state index contributed by atoms with van der Waals surface area (Å²) in [5.41, 5.74) is 7.47. The predicted molar refractivity (Wildman–Crippen MR) is 115 cm³/mol. The number of rotatable bonds is 6. The first-order valence-corrected chi connectivity index (χ1v) is 11.0. The third-order valence-electron chi connectivity index (χ3n) is 3.84. The summed E-state index contributed by atoms with van der Waals surface area (Å²) in [4.78, 5) is 0.410. The number of hydrogen-bond acceptors (Lipinski definition) is 5. The number of hydrogen-bond donors (Lipinski definition) is 1. The second-order valence-electron chi connectivity index (χ2n) is 5.81. The number of sulfone groups is 1. The highest BCUT2D eigenvalue weighted by Crippen LogP contribution is 2.23. The summed E-state index contributed by atoms with van der Waals surface area (Å²) in [7, 11) is -3.64. The third-order valence-corrected chi connectivity index (χ3v) is 6.54. The molecule has 0 aliphatic rings. The maximum Gasteiger partial charge on any atom is 0.207 e. The Labute approximate surface area is 168 Å². The van der Waals surface area contributed by atoms with E-state index in [0.717, 1.165) is 5.56 Å². The molecule has 7 heteroatoms. The summed E-state index contributed by atoms with van der Waals surface area (Å²) in [6.45, 7) is 0. The molecule has 142 valence electrons. The van der Waals surface area contributed by atoms with Gasteiger partial charge in [-0.3, -0.25) is 0 Å². The molecule has 0 saturated carbocycles. The van der Waals surface area contributed by atoms with Gasteiger partial charge in [0.2, 0.25) is 9.84 Å². The Morgan fingerprint density at radius 2 is 1.50 bits per heavy atom. The monoisotopic (exact) mass is 409 g/mol. The van der Waals surface area contributed by atoms with Crippen molar-refractivity contribution in [2.45, 2.75) is 15.5 Å². The largest absolute Gasteiger partial charge is 0.377 e. The summed E-state index contributed by atoms with van der Waals surface area (Å²) in [6, 6.07) is 24.9. The lowest BCUT2D eigenvalue weighted by atomic mass is 10.2. The van der Waals surface area contributed by atoms with E-state index in [1.54, 1.807) is 54.6 Å². The lowest BCUT2D eigenvalue weighted by molar-refractivity contribution is 0.596. The van der Waals surface area contributed by atoms with E-state index < -0.39 is 9.84 Å². The summed E-state index contributed by atoms with van der Waals surface area (Å²) >= 11 is 1.37. The van der Waals surface area contributed by atoms with Crippen molar-refractivity contribution in [3.8, 4) is 0 Å². The molecule has 0 amide bonds. The van der Waals surface area contributed by atoms with Crippen LogP contribution in [-0.4, -0.2) is 19.8 Å². The molecular formula is C21H19N3O2S2. The van der Waals surface area contributed by atoms with Crippen molar-refractivity contribution in [3.63, 3.8) is 0 Å². The van der Waals surface area contributed by atoms with Crippen molar-refractivity contribution in [1.29, 1.82) is 0 Å². The minimum Gasteiger partial charge on any atom is -0.377 e. The molecule has 3 aromatic rings. The number of nitrogens with zero attached hydrogens (tertiary/aromatic N) is 2. The molecule has 0 aliphatic carbocycles. The highest BCUT2D eigenvalue weighted by atomic mass is 32.2. The van der Waals surface area contributed by atoms with E-state index in [1.165, 1.54) is 18.0 Å². The van der Waals surface area contributed by atoms with Crippen LogP contribution in [0, 0.1) is 0 Å². The highest BCUT2D eigenvalue weighted by Gasteiger charge is 2.19. The zero-order valence-electron chi connectivity index (χ0n) is 15.0. The molecule has 3 aromatic carbocycles. The molecule has 0 bridgehead atoms. The Balaban J connectivity index is 1.76. The maximum atomic E-state index is 12.9. The molecule has 0 fully saturated rings. The molecule has 0 aliphatic heterocycles. The fourth-order valence-corrected chi connectivity index (χ4v) is 4.54. The van der Waals surface area contributed by atoms with E-state index >= 15 is 0 Å². The van der Waals surface area contributed by atoms with Gasteiger partial charge in [0.05, 0.1) is 16.0 Å². The van der Waals surface area contributed by atoms with Crippen molar-refractivity contribution >= 4 is 33.0 Å². The lowest BCUT2D eigenvalue weighted by Gasteiger charge is -2.07. The molecule has 28 heavy (non-hydrogen) atoms. The van der Waals surface area contributed by atoms with Gasteiger partial charge in [-0.05, 0) is 23.8 Å². The molecule has 0 atom stereocenters. The smallest absolute Gasteiger partial charge is 0.207 e. The minimum absolute atomic E-state index is 0.177. The van der Waals surface area contributed by atoms with Gasteiger partial charge < -0.3 is 5.73 Å². The van der Waals surface area contributed by atoms with Crippen molar-refractivity contribution in [1.82, 2.24) is 0 Å². The van der Waals surface area contributed by atoms with Crippen LogP contribution < -0.4 is 5.73 Å². The van der Waals surface area contributed by atoms with Gasteiger partial charge in [-0.15, -0.1) is 5.10 Å². The normalized spacial score (nSPS) is 12.4. The van der Waals surface area contributed by atoms with Gasteiger partial charge in [0.25, 0.3) is 0 Å². The number of thioether (sulfide) groups is 1. The Bertz CT molecular complexity index is 1080. The first-order chi connectivity index (χ1) is 13.6. The number of nitrogens with two attached hydrogens (primary N) is 1. The summed E-state index contributed by atoms with van der Waals surface area (Å²) in [5.74, 6) is 0.685. The SMILES string of the molecule is NC(=NN=Cc1ccccc1S(=O)(=O)c1ccccc1)SCc1ccccc1. The molecule has 0 aromatic heterocycles. The van der Waals surface area contributed by atoms with Gasteiger partial charge in [0.15, 0.2) is 5.17 Å². The van der Waals surface area contributed by atoms with Crippen molar-refractivity contribution in [3.05, 3.63) is 96.1 Å². The average Bonchev–Trinajstić information content (AvgIpc) is 2.74. The van der Waals surface area contributed by atoms with Crippen LogP contribution in [0.5, 0.6) is 0 Å². The van der Waals surface area contributed by atoms with E-state index in [2.05, 4.69) is 10.2 Å². The zero-order valence-corrected chi connectivity index (χ0v) is 16.6. The van der Waals surface area contributed by atoms with E-state index in [-0.39, 0.29) is 9.79 Å². The van der Waals surface area contributed by atoms with Crippen LogP contribution in [0.2, 0.25) is 0 Å². The Morgan fingerprint density at radius 3 is 2.21 bits per heavy atom. The Kier molecular flexibility index (Phi) is 6.62. The second kappa shape index (κ2) is 9.34. The topological polar surface area (TPSA) is 84.9 Å². The Morgan fingerprint density at radius 1 is 0.893 bits per heavy atom. The van der Waals surface area contributed by atoms with Gasteiger partial charge in [-0.2, -0.15) is 5.10 Å². The fraction of sp³-hybridized carbons (Fsp3) is 0.0476. The van der Waals surface area contributed by atoms with Crippen LogP contribution in [0.4, 0.5) is 0 Å². The molecule has 0 spiro atoms. The molecule has 0 heterocycles. The van der Waals surface area contributed by atoms with E-state index in [4.69, 9.17) is 5.73 Å².